The molecule has 116 valence electrons. The van der Waals surface area contributed by atoms with Crippen LogP contribution < -0.4 is 0 Å². The molecule has 0 aromatic carbocycles. The molecule has 0 saturated carbocycles. The van der Waals surface area contributed by atoms with E-state index in [1.165, 1.54) is 10.6 Å². The van der Waals surface area contributed by atoms with Gasteiger partial charge in [0.05, 0.1) is 25.0 Å². The number of hydrogen-bond donors (Lipinski definition) is 0. The molecular weight excluding hydrogens is 294 g/mol. The van der Waals surface area contributed by atoms with E-state index in [9.17, 15) is 13.2 Å². The zero-order valence-electron chi connectivity index (χ0n) is 12.0. The van der Waals surface area contributed by atoms with Crippen LogP contribution in [0.5, 0.6) is 0 Å². The molecule has 1 aromatic heterocycles. The molecule has 21 heavy (non-hydrogen) atoms. The molecular formula is C12H19N5O3S. The number of carbonyl (C=O) groups excluding carboxylic acids is 1. The molecule has 2 aliphatic heterocycles. The first kappa shape index (κ1) is 14.5. The molecule has 8 nitrogen and oxygen atoms in total. The van der Waals surface area contributed by atoms with Crippen LogP contribution in [-0.2, 0) is 34.5 Å². The standard InChI is InChI=1S/C12H19N5O3S/c1-21(19,20)16-6-3-7-17-11(9-16)10(13-14-17)8-15-5-2-4-12(15)18/h2-9H2,1H3. The smallest absolute Gasteiger partial charge is 0.222 e. The van der Waals surface area contributed by atoms with Gasteiger partial charge in [-0.2, -0.15) is 4.31 Å². The largest absolute Gasteiger partial charge is 0.337 e. The lowest BCUT2D eigenvalue weighted by Crippen LogP contribution is -2.30. The summed E-state index contributed by atoms with van der Waals surface area (Å²) in [4.78, 5) is 13.5. The number of carbonyl (C=O) groups is 1. The first-order valence-electron chi connectivity index (χ1n) is 7.09. The van der Waals surface area contributed by atoms with Gasteiger partial charge in [0.1, 0.15) is 5.69 Å². The fourth-order valence-corrected chi connectivity index (χ4v) is 3.64. The van der Waals surface area contributed by atoms with E-state index in [1.54, 1.807) is 9.58 Å². The maximum absolute atomic E-state index is 11.8. The molecule has 0 aliphatic carbocycles. The highest BCUT2D eigenvalue weighted by molar-refractivity contribution is 7.88. The zero-order chi connectivity index (χ0) is 15.0. The predicted octanol–water partition coefficient (Wildman–Crippen LogP) is -0.434. The number of likely N-dealkylation sites (tertiary alicyclic amines) is 1. The van der Waals surface area contributed by atoms with E-state index in [0.717, 1.165) is 18.7 Å². The average Bonchev–Trinajstić information content (AvgIpc) is 2.89. The minimum atomic E-state index is -3.24. The Labute approximate surface area is 123 Å². The number of aryl methyl sites for hydroxylation is 1. The van der Waals surface area contributed by atoms with Crippen LogP contribution in [0.15, 0.2) is 0 Å². The first-order chi connectivity index (χ1) is 9.95. The van der Waals surface area contributed by atoms with Crippen molar-refractivity contribution in [2.24, 2.45) is 0 Å². The second-order valence-electron chi connectivity index (χ2n) is 5.57. The quantitative estimate of drug-likeness (QED) is 0.755. The summed E-state index contributed by atoms with van der Waals surface area (Å²) >= 11 is 0. The average molecular weight is 313 g/mol. The zero-order valence-corrected chi connectivity index (χ0v) is 12.8. The molecule has 0 atom stereocenters. The van der Waals surface area contributed by atoms with Crippen molar-refractivity contribution in [3.8, 4) is 0 Å². The van der Waals surface area contributed by atoms with E-state index in [4.69, 9.17) is 0 Å². The van der Waals surface area contributed by atoms with Crippen LogP contribution in [0.3, 0.4) is 0 Å². The fraction of sp³-hybridized carbons (Fsp3) is 0.750. The van der Waals surface area contributed by atoms with Crippen molar-refractivity contribution in [3.05, 3.63) is 11.4 Å². The summed E-state index contributed by atoms with van der Waals surface area (Å²) in [5.41, 5.74) is 1.51. The summed E-state index contributed by atoms with van der Waals surface area (Å²) in [5.74, 6) is 0.130. The molecule has 0 spiro atoms. The fourth-order valence-electron chi connectivity index (χ4n) is 2.82. The number of aromatic nitrogens is 3. The summed E-state index contributed by atoms with van der Waals surface area (Å²) < 4.78 is 26.8. The van der Waals surface area contributed by atoms with Crippen LogP contribution in [0.2, 0.25) is 0 Å². The van der Waals surface area contributed by atoms with Gasteiger partial charge < -0.3 is 4.90 Å². The van der Waals surface area contributed by atoms with Crippen molar-refractivity contribution in [3.63, 3.8) is 0 Å². The van der Waals surface area contributed by atoms with Gasteiger partial charge in [-0.3, -0.25) is 4.79 Å². The minimum Gasteiger partial charge on any atom is -0.337 e. The third-order valence-electron chi connectivity index (χ3n) is 4.00. The number of nitrogens with zero attached hydrogens (tertiary/aromatic N) is 5. The minimum absolute atomic E-state index is 0.130. The third kappa shape index (κ3) is 2.93. The normalized spacial score (nSPS) is 20.6. The highest BCUT2D eigenvalue weighted by Crippen LogP contribution is 2.20. The van der Waals surface area contributed by atoms with Crippen LogP contribution in [0, 0.1) is 0 Å². The Kier molecular flexibility index (Phi) is 3.70. The number of fused-ring (bicyclic) bond motifs is 1. The van der Waals surface area contributed by atoms with Crippen molar-refractivity contribution >= 4 is 15.9 Å². The summed E-state index contributed by atoms with van der Waals surface area (Å²) in [6.45, 7) is 2.59. The van der Waals surface area contributed by atoms with Crippen LogP contribution in [0.4, 0.5) is 0 Å². The SMILES string of the molecule is CS(=O)(=O)N1CCCn2nnc(CN3CCCC3=O)c2C1. The topological polar surface area (TPSA) is 88.4 Å². The molecule has 9 heteroatoms. The Balaban J connectivity index is 1.85. The van der Waals surface area contributed by atoms with Crippen LogP contribution in [0.25, 0.3) is 0 Å². The summed E-state index contributed by atoms with van der Waals surface area (Å²) in [6.07, 6.45) is 3.39. The molecule has 1 aromatic rings. The van der Waals surface area contributed by atoms with Gasteiger partial charge in [0, 0.05) is 26.1 Å². The lowest BCUT2D eigenvalue weighted by molar-refractivity contribution is -0.128. The van der Waals surface area contributed by atoms with Gasteiger partial charge in [0.15, 0.2) is 0 Å². The van der Waals surface area contributed by atoms with Crippen molar-refractivity contribution < 1.29 is 13.2 Å². The van der Waals surface area contributed by atoms with Gasteiger partial charge in [-0.25, -0.2) is 13.1 Å². The van der Waals surface area contributed by atoms with Crippen molar-refractivity contribution in [2.45, 2.75) is 38.9 Å². The molecule has 1 fully saturated rings. The number of hydrogen-bond acceptors (Lipinski definition) is 5. The Hall–Kier alpha value is -1.48. The second kappa shape index (κ2) is 5.38. The molecule has 0 bridgehead atoms. The van der Waals surface area contributed by atoms with Crippen LogP contribution >= 0.6 is 0 Å². The maximum Gasteiger partial charge on any atom is 0.222 e. The highest BCUT2D eigenvalue weighted by atomic mass is 32.2. The molecule has 2 aliphatic rings. The van der Waals surface area contributed by atoms with Crippen LogP contribution in [-0.4, -0.2) is 57.9 Å². The molecule has 0 unspecified atom stereocenters. The van der Waals surface area contributed by atoms with Gasteiger partial charge in [-0.1, -0.05) is 5.21 Å². The molecule has 1 saturated heterocycles. The molecule has 1 amide bonds. The van der Waals surface area contributed by atoms with E-state index in [2.05, 4.69) is 10.3 Å². The van der Waals surface area contributed by atoms with Gasteiger partial charge in [-0.05, 0) is 12.8 Å². The van der Waals surface area contributed by atoms with E-state index < -0.39 is 10.0 Å². The number of rotatable bonds is 3. The second-order valence-corrected chi connectivity index (χ2v) is 7.56. The third-order valence-corrected chi connectivity index (χ3v) is 5.25. The number of amides is 1. The predicted molar refractivity (Wildman–Crippen MR) is 74.5 cm³/mol. The molecule has 3 rings (SSSR count). The summed E-state index contributed by atoms with van der Waals surface area (Å²) in [7, 11) is -3.24. The maximum atomic E-state index is 11.8. The van der Waals surface area contributed by atoms with Crippen molar-refractivity contribution in [1.82, 2.24) is 24.2 Å². The Bertz CT molecular complexity index is 654. The van der Waals surface area contributed by atoms with E-state index >= 15 is 0 Å². The molecule has 0 N–H and O–H groups in total. The van der Waals surface area contributed by atoms with Crippen molar-refractivity contribution in [2.75, 3.05) is 19.3 Å². The van der Waals surface area contributed by atoms with Gasteiger partial charge in [0.2, 0.25) is 15.9 Å². The lowest BCUT2D eigenvalue weighted by Gasteiger charge is -2.18. The van der Waals surface area contributed by atoms with Crippen molar-refractivity contribution in [1.29, 1.82) is 0 Å². The monoisotopic (exact) mass is 313 g/mol. The summed E-state index contributed by atoms with van der Waals surface area (Å²) in [5, 5.41) is 8.26. The van der Waals surface area contributed by atoms with Gasteiger partial charge in [0.25, 0.3) is 0 Å². The van der Waals surface area contributed by atoms with Crippen LogP contribution in [0.1, 0.15) is 30.7 Å². The molecule has 3 heterocycles. The number of sulfonamides is 1. The first-order valence-corrected chi connectivity index (χ1v) is 8.94. The van der Waals surface area contributed by atoms with E-state index in [1.807, 2.05) is 0 Å². The van der Waals surface area contributed by atoms with E-state index in [0.29, 0.717) is 38.2 Å². The summed E-state index contributed by atoms with van der Waals surface area (Å²) in [6, 6.07) is 0. The highest BCUT2D eigenvalue weighted by Gasteiger charge is 2.28. The Morgan fingerprint density at radius 2 is 2.00 bits per heavy atom. The Morgan fingerprint density at radius 3 is 2.67 bits per heavy atom. The lowest BCUT2D eigenvalue weighted by atomic mass is 10.3. The van der Waals surface area contributed by atoms with Gasteiger partial charge >= 0.3 is 0 Å². The van der Waals surface area contributed by atoms with Gasteiger partial charge in [-0.15, -0.1) is 5.10 Å². The Morgan fingerprint density at radius 1 is 1.19 bits per heavy atom. The van der Waals surface area contributed by atoms with E-state index in [-0.39, 0.29) is 12.5 Å². The molecule has 0 radical (unpaired) electrons.